The second kappa shape index (κ2) is 3.66. The summed E-state index contributed by atoms with van der Waals surface area (Å²) < 4.78 is 1.87. The molecule has 0 aliphatic heterocycles. The molecule has 15 heavy (non-hydrogen) atoms. The number of halogens is 1. The number of carbonyl (C=O) groups excluding carboxylic acids is 1. The van der Waals surface area contributed by atoms with Crippen molar-refractivity contribution >= 4 is 28.4 Å². The summed E-state index contributed by atoms with van der Waals surface area (Å²) >= 11 is 6.07. The molecule has 78 valence electrons. The Morgan fingerprint density at radius 1 is 1.53 bits per heavy atom. The highest BCUT2D eigenvalue weighted by atomic mass is 35.5. The molecule has 4 heteroatoms. The number of Topliss-reactive ketones (excluding diaryl/α,β-unsaturated/α-hetero) is 1. The average Bonchev–Trinajstić information content (AvgIpc) is 2.44. The van der Waals surface area contributed by atoms with Gasteiger partial charge in [0.25, 0.3) is 0 Å². The molecule has 1 heterocycles. The summed E-state index contributed by atoms with van der Waals surface area (Å²) in [5, 5.41) is 0.664. The van der Waals surface area contributed by atoms with E-state index in [0.717, 1.165) is 16.9 Å². The molecule has 1 aromatic carbocycles. The number of fused-ring (bicyclic) bond motifs is 1. The van der Waals surface area contributed by atoms with Gasteiger partial charge in [-0.25, -0.2) is 4.98 Å². The van der Waals surface area contributed by atoms with Gasteiger partial charge in [-0.05, 0) is 19.1 Å². The van der Waals surface area contributed by atoms with Crippen LogP contribution in [-0.2, 0) is 18.3 Å². The van der Waals surface area contributed by atoms with E-state index in [2.05, 4.69) is 4.98 Å². The molecule has 2 rings (SSSR count). The molecule has 0 aliphatic rings. The Bertz CT molecular complexity index is 531. The van der Waals surface area contributed by atoms with Crippen LogP contribution in [0, 0.1) is 0 Å². The molecule has 0 spiro atoms. The predicted octanol–water partition coefficient (Wildman–Crippen LogP) is 2.36. The zero-order valence-electron chi connectivity index (χ0n) is 8.62. The lowest BCUT2D eigenvalue weighted by molar-refractivity contribution is -0.116. The van der Waals surface area contributed by atoms with Crippen LogP contribution in [0.25, 0.3) is 11.0 Å². The Kier molecular flexibility index (Phi) is 2.49. The first-order valence-corrected chi connectivity index (χ1v) is 5.06. The number of hydrogen-bond acceptors (Lipinski definition) is 2. The number of carbonyl (C=O) groups is 1. The highest BCUT2D eigenvalue weighted by Crippen LogP contribution is 2.23. The molecule has 0 atom stereocenters. The first-order valence-electron chi connectivity index (χ1n) is 4.69. The van der Waals surface area contributed by atoms with E-state index >= 15 is 0 Å². The molecule has 2 aromatic rings. The second-order valence-electron chi connectivity index (χ2n) is 3.57. The van der Waals surface area contributed by atoms with E-state index in [1.165, 1.54) is 0 Å². The fourth-order valence-electron chi connectivity index (χ4n) is 1.65. The molecule has 0 saturated carbocycles. The van der Waals surface area contributed by atoms with Gasteiger partial charge >= 0.3 is 0 Å². The number of para-hydroxylation sites is 1. The number of nitrogens with zero attached hydrogens (tertiary/aromatic N) is 2. The minimum atomic E-state index is 0.101. The summed E-state index contributed by atoms with van der Waals surface area (Å²) in [6, 6.07) is 5.57. The Morgan fingerprint density at radius 2 is 2.27 bits per heavy atom. The fraction of sp³-hybridized carbons (Fsp3) is 0.273. The lowest BCUT2D eigenvalue weighted by atomic mass is 10.3. The fourth-order valence-corrected chi connectivity index (χ4v) is 1.95. The van der Waals surface area contributed by atoms with Crippen molar-refractivity contribution in [3.63, 3.8) is 0 Å². The Hall–Kier alpha value is -1.35. The molecule has 0 N–H and O–H groups in total. The van der Waals surface area contributed by atoms with Gasteiger partial charge in [0.1, 0.15) is 11.6 Å². The van der Waals surface area contributed by atoms with Gasteiger partial charge in [0.05, 0.1) is 22.5 Å². The number of ketones is 1. The molecular formula is C11H11ClN2O. The average molecular weight is 223 g/mol. The van der Waals surface area contributed by atoms with Crippen LogP contribution in [0.3, 0.4) is 0 Å². The minimum absolute atomic E-state index is 0.101. The van der Waals surface area contributed by atoms with Gasteiger partial charge in [-0.2, -0.15) is 0 Å². The lowest BCUT2D eigenvalue weighted by Crippen LogP contribution is -2.04. The van der Waals surface area contributed by atoms with E-state index in [9.17, 15) is 4.79 Å². The van der Waals surface area contributed by atoms with Crippen LogP contribution in [0.2, 0.25) is 5.02 Å². The number of benzene rings is 1. The third kappa shape index (κ3) is 1.75. The van der Waals surface area contributed by atoms with E-state index in [1.807, 2.05) is 29.8 Å². The summed E-state index contributed by atoms with van der Waals surface area (Å²) in [5.74, 6) is 0.857. The molecule has 0 fully saturated rings. The molecule has 0 saturated heterocycles. The van der Waals surface area contributed by atoms with Gasteiger partial charge in [0.15, 0.2) is 0 Å². The summed E-state index contributed by atoms with van der Waals surface area (Å²) in [4.78, 5) is 15.4. The van der Waals surface area contributed by atoms with Crippen molar-refractivity contribution in [2.45, 2.75) is 13.3 Å². The van der Waals surface area contributed by atoms with Crippen LogP contribution >= 0.6 is 11.6 Å². The number of rotatable bonds is 2. The van der Waals surface area contributed by atoms with Gasteiger partial charge in [0, 0.05) is 7.05 Å². The molecule has 0 unspecified atom stereocenters. The zero-order valence-corrected chi connectivity index (χ0v) is 9.38. The van der Waals surface area contributed by atoms with Crippen molar-refractivity contribution in [2.75, 3.05) is 0 Å². The third-order valence-electron chi connectivity index (χ3n) is 2.34. The van der Waals surface area contributed by atoms with E-state index < -0.39 is 0 Å². The van der Waals surface area contributed by atoms with Crippen molar-refractivity contribution in [1.29, 1.82) is 0 Å². The first-order chi connectivity index (χ1) is 7.09. The van der Waals surface area contributed by atoms with E-state index in [4.69, 9.17) is 11.6 Å². The highest BCUT2D eigenvalue weighted by Gasteiger charge is 2.11. The number of imidazole rings is 1. The summed E-state index contributed by atoms with van der Waals surface area (Å²) in [7, 11) is 1.87. The number of aryl methyl sites for hydroxylation is 1. The summed E-state index contributed by atoms with van der Waals surface area (Å²) in [5.41, 5.74) is 1.72. The van der Waals surface area contributed by atoms with Crippen molar-refractivity contribution in [1.82, 2.24) is 9.55 Å². The van der Waals surface area contributed by atoms with Gasteiger partial charge < -0.3 is 4.57 Å². The van der Waals surface area contributed by atoms with Crippen molar-refractivity contribution in [3.8, 4) is 0 Å². The topological polar surface area (TPSA) is 34.9 Å². The minimum Gasteiger partial charge on any atom is -0.330 e. The number of hydrogen-bond donors (Lipinski definition) is 0. The molecule has 0 amide bonds. The summed E-state index contributed by atoms with van der Waals surface area (Å²) in [6.07, 6.45) is 0.349. The van der Waals surface area contributed by atoms with E-state index in [1.54, 1.807) is 6.92 Å². The van der Waals surface area contributed by atoms with E-state index in [-0.39, 0.29) is 5.78 Å². The van der Waals surface area contributed by atoms with Crippen molar-refractivity contribution in [2.24, 2.45) is 7.05 Å². The SMILES string of the molecule is CC(=O)Cc1nc2cccc(Cl)c2n1C. The maximum Gasteiger partial charge on any atom is 0.137 e. The maximum atomic E-state index is 11.0. The standard InChI is InChI=1S/C11H11ClN2O/c1-7(15)6-10-13-9-5-3-4-8(12)11(9)14(10)2/h3-5H,6H2,1-2H3. The maximum absolute atomic E-state index is 11.0. The van der Waals surface area contributed by atoms with Crippen LogP contribution in [0.1, 0.15) is 12.7 Å². The van der Waals surface area contributed by atoms with E-state index in [0.29, 0.717) is 11.4 Å². The summed E-state index contributed by atoms with van der Waals surface area (Å²) in [6.45, 7) is 1.56. The monoisotopic (exact) mass is 222 g/mol. The van der Waals surface area contributed by atoms with Gasteiger partial charge in [-0.15, -0.1) is 0 Å². The molecule has 1 aromatic heterocycles. The van der Waals surface area contributed by atoms with Gasteiger partial charge in [-0.1, -0.05) is 17.7 Å². The largest absolute Gasteiger partial charge is 0.330 e. The number of aromatic nitrogens is 2. The Labute approximate surface area is 92.7 Å². The second-order valence-corrected chi connectivity index (χ2v) is 3.98. The molecular weight excluding hydrogens is 212 g/mol. The Balaban J connectivity index is 2.64. The van der Waals surface area contributed by atoms with Crippen LogP contribution in [-0.4, -0.2) is 15.3 Å². The van der Waals surface area contributed by atoms with Crippen molar-refractivity contribution < 1.29 is 4.79 Å². The zero-order chi connectivity index (χ0) is 11.0. The highest BCUT2D eigenvalue weighted by molar-refractivity contribution is 6.35. The van der Waals surface area contributed by atoms with Crippen LogP contribution in [0.15, 0.2) is 18.2 Å². The Morgan fingerprint density at radius 3 is 2.87 bits per heavy atom. The van der Waals surface area contributed by atoms with Crippen LogP contribution in [0.5, 0.6) is 0 Å². The smallest absolute Gasteiger partial charge is 0.137 e. The lowest BCUT2D eigenvalue weighted by Gasteiger charge is -2.00. The molecule has 0 aliphatic carbocycles. The third-order valence-corrected chi connectivity index (χ3v) is 2.65. The van der Waals surface area contributed by atoms with Gasteiger partial charge in [-0.3, -0.25) is 4.79 Å². The van der Waals surface area contributed by atoms with Crippen LogP contribution < -0.4 is 0 Å². The van der Waals surface area contributed by atoms with Crippen molar-refractivity contribution in [3.05, 3.63) is 29.0 Å². The quantitative estimate of drug-likeness (QED) is 0.782. The first kappa shape index (κ1) is 10.2. The van der Waals surface area contributed by atoms with Gasteiger partial charge in [0.2, 0.25) is 0 Å². The molecule has 0 bridgehead atoms. The normalized spacial score (nSPS) is 10.9. The molecule has 3 nitrogen and oxygen atoms in total. The molecule has 0 radical (unpaired) electrons. The predicted molar refractivity (Wildman–Crippen MR) is 60.1 cm³/mol. The van der Waals surface area contributed by atoms with Crippen LogP contribution in [0.4, 0.5) is 0 Å².